The highest BCUT2D eigenvalue weighted by molar-refractivity contribution is 5.71. The van der Waals surface area contributed by atoms with Crippen LogP contribution in [0.25, 0.3) is 0 Å². The Morgan fingerprint density at radius 3 is 0.838 bits per heavy atom. The first-order chi connectivity index (χ1) is 33.5. The van der Waals surface area contributed by atoms with Crippen molar-refractivity contribution in [3.8, 4) is 0 Å². The third kappa shape index (κ3) is 54.3. The number of esters is 3. The third-order valence-corrected chi connectivity index (χ3v) is 13.1. The van der Waals surface area contributed by atoms with Gasteiger partial charge in [-0.2, -0.15) is 0 Å². The Balaban J connectivity index is 4.38. The van der Waals surface area contributed by atoms with E-state index in [1.54, 1.807) is 0 Å². The largest absolute Gasteiger partial charge is 0.462 e. The molecule has 0 aliphatic rings. The molecule has 0 saturated carbocycles. The average Bonchev–Trinajstić information content (AvgIpc) is 3.34. The van der Waals surface area contributed by atoms with Crippen LogP contribution in [-0.2, 0) is 28.6 Å². The van der Waals surface area contributed by atoms with Gasteiger partial charge in [0, 0.05) is 19.3 Å². The molecule has 0 radical (unpaired) electrons. The van der Waals surface area contributed by atoms with Crippen molar-refractivity contribution < 1.29 is 28.6 Å². The zero-order chi connectivity index (χ0) is 49.3. The molecule has 0 N–H and O–H groups in total. The van der Waals surface area contributed by atoms with Crippen LogP contribution in [0.3, 0.4) is 0 Å². The molecule has 396 valence electrons. The van der Waals surface area contributed by atoms with Gasteiger partial charge in [0.2, 0.25) is 0 Å². The molecule has 0 bridgehead atoms. The summed E-state index contributed by atoms with van der Waals surface area (Å²) in [5.74, 6) is -0.875. The number of rotatable bonds is 54. The highest BCUT2D eigenvalue weighted by Gasteiger charge is 2.19. The predicted molar refractivity (Wildman–Crippen MR) is 293 cm³/mol. The Morgan fingerprint density at radius 2 is 0.529 bits per heavy atom. The van der Waals surface area contributed by atoms with Crippen LogP contribution >= 0.6 is 0 Å². The summed E-state index contributed by atoms with van der Waals surface area (Å²) >= 11 is 0. The summed E-state index contributed by atoms with van der Waals surface area (Å²) in [4.78, 5) is 38.2. The number of allylic oxidation sites excluding steroid dienone is 8. The van der Waals surface area contributed by atoms with Gasteiger partial charge in [-0.3, -0.25) is 14.4 Å². The zero-order valence-corrected chi connectivity index (χ0v) is 45.4. The lowest BCUT2D eigenvalue weighted by atomic mass is 10.0. The van der Waals surface area contributed by atoms with Crippen molar-refractivity contribution in [2.45, 2.75) is 316 Å². The first-order valence-corrected chi connectivity index (χ1v) is 29.6. The zero-order valence-electron chi connectivity index (χ0n) is 45.4. The van der Waals surface area contributed by atoms with Gasteiger partial charge in [0.15, 0.2) is 6.10 Å². The SMILES string of the molecule is CCCCC/C=C\C/C=C\CCCCCCCCCC(=O)OC[C@@H](COC(=O)CCCCCCCCCCCCCCCCCC)OC(=O)CCCCCCCCC/C=C\C/C=C\CCCCC. The highest BCUT2D eigenvalue weighted by atomic mass is 16.6. The second-order valence-electron chi connectivity index (χ2n) is 19.9. The van der Waals surface area contributed by atoms with Crippen molar-refractivity contribution in [2.75, 3.05) is 13.2 Å². The van der Waals surface area contributed by atoms with Crippen LogP contribution in [0, 0.1) is 0 Å². The van der Waals surface area contributed by atoms with Gasteiger partial charge < -0.3 is 14.2 Å². The van der Waals surface area contributed by atoms with E-state index in [0.717, 1.165) is 83.5 Å². The predicted octanol–water partition coefficient (Wildman–Crippen LogP) is 19.8. The van der Waals surface area contributed by atoms with Crippen LogP contribution in [-0.4, -0.2) is 37.2 Å². The van der Waals surface area contributed by atoms with Crippen molar-refractivity contribution >= 4 is 17.9 Å². The van der Waals surface area contributed by atoms with Crippen LogP contribution in [0.2, 0.25) is 0 Å². The first kappa shape index (κ1) is 65.4. The second-order valence-corrected chi connectivity index (χ2v) is 19.9. The average molecular weight is 954 g/mol. The van der Waals surface area contributed by atoms with Gasteiger partial charge in [-0.15, -0.1) is 0 Å². The third-order valence-electron chi connectivity index (χ3n) is 13.1. The Labute approximate surface area is 422 Å². The lowest BCUT2D eigenvalue weighted by Crippen LogP contribution is -2.30. The molecular formula is C62H112O6. The van der Waals surface area contributed by atoms with E-state index in [1.165, 1.54) is 186 Å². The Morgan fingerprint density at radius 1 is 0.294 bits per heavy atom. The fourth-order valence-corrected chi connectivity index (χ4v) is 8.56. The van der Waals surface area contributed by atoms with Gasteiger partial charge in [-0.25, -0.2) is 0 Å². The van der Waals surface area contributed by atoms with E-state index in [1.807, 2.05) is 0 Å². The maximum atomic E-state index is 12.9. The molecule has 0 saturated heterocycles. The van der Waals surface area contributed by atoms with Gasteiger partial charge in [0.05, 0.1) is 0 Å². The van der Waals surface area contributed by atoms with Gasteiger partial charge in [0.25, 0.3) is 0 Å². The summed E-state index contributed by atoms with van der Waals surface area (Å²) < 4.78 is 16.9. The van der Waals surface area contributed by atoms with E-state index in [4.69, 9.17) is 14.2 Å². The van der Waals surface area contributed by atoms with Crippen molar-refractivity contribution in [2.24, 2.45) is 0 Å². The fourth-order valence-electron chi connectivity index (χ4n) is 8.56. The molecule has 0 spiro atoms. The van der Waals surface area contributed by atoms with Crippen LogP contribution in [0.15, 0.2) is 48.6 Å². The summed E-state index contributed by atoms with van der Waals surface area (Å²) in [5, 5.41) is 0. The van der Waals surface area contributed by atoms with Crippen LogP contribution < -0.4 is 0 Å². The first-order valence-electron chi connectivity index (χ1n) is 29.6. The molecule has 0 heterocycles. The molecule has 0 aromatic rings. The monoisotopic (exact) mass is 953 g/mol. The number of carbonyl (C=O) groups is 3. The van der Waals surface area contributed by atoms with Crippen LogP contribution in [0.4, 0.5) is 0 Å². The standard InChI is InChI=1S/C62H112O6/c1-4-7-10-13-16-19-22-25-28-31-34-37-40-43-46-49-52-55-61(64)67-58-59(57-66-60(63)54-51-48-45-42-39-36-33-30-27-24-21-18-15-12-9-6-3)68-62(65)56-53-50-47-44-41-38-35-32-29-26-23-20-17-14-11-8-5-2/h16-17,19-20,25-26,28-29,59H,4-15,18,21-24,27,30-58H2,1-3H3/b19-16-,20-17-,28-25-,29-26-/t59-/m1/s1. The smallest absolute Gasteiger partial charge is 0.306 e. The fraction of sp³-hybridized carbons (Fsp3) is 0.823. The van der Waals surface area contributed by atoms with E-state index < -0.39 is 6.10 Å². The summed E-state index contributed by atoms with van der Waals surface area (Å²) in [7, 11) is 0. The Hall–Kier alpha value is -2.63. The van der Waals surface area contributed by atoms with E-state index in [-0.39, 0.29) is 31.1 Å². The van der Waals surface area contributed by atoms with E-state index in [0.29, 0.717) is 19.3 Å². The molecule has 0 amide bonds. The number of hydrogen-bond acceptors (Lipinski definition) is 6. The number of carbonyl (C=O) groups excluding carboxylic acids is 3. The summed E-state index contributed by atoms with van der Waals surface area (Å²) in [6.45, 7) is 6.62. The van der Waals surface area contributed by atoms with E-state index >= 15 is 0 Å². The minimum atomic E-state index is -0.779. The van der Waals surface area contributed by atoms with Gasteiger partial charge in [0.1, 0.15) is 13.2 Å². The Kier molecular flexibility index (Phi) is 54.8. The molecule has 1 atom stereocenters. The summed E-state index contributed by atoms with van der Waals surface area (Å²) in [6.07, 6.45) is 69.5. The van der Waals surface area contributed by atoms with Crippen LogP contribution in [0.1, 0.15) is 310 Å². The molecule has 0 aliphatic heterocycles. The molecule has 0 aromatic carbocycles. The molecule has 0 rings (SSSR count). The molecule has 6 heteroatoms. The molecule has 68 heavy (non-hydrogen) atoms. The maximum Gasteiger partial charge on any atom is 0.306 e. The van der Waals surface area contributed by atoms with Crippen molar-refractivity contribution in [1.82, 2.24) is 0 Å². The summed E-state index contributed by atoms with van der Waals surface area (Å²) in [6, 6.07) is 0. The minimum Gasteiger partial charge on any atom is -0.462 e. The minimum absolute atomic E-state index is 0.0758. The topological polar surface area (TPSA) is 78.9 Å². The van der Waals surface area contributed by atoms with Gasteiger partial charge in [-0.1, -0.05) is 256 Å². The molecule has 0 fully saturated rings. The molecular weight excluding hydrogens is 841 g/mol. The lowest BCUT2D eigenvalue weighted by Gasteiger charge is -2.18. The maximum absolute atomic E-state index is 12.9. The number of hydrogen-bond donors (Lipinski definition) is 0. The van der Waals surface area contributed by atoms with Crippen molar-refractivity contribution in [1.29, 1.82) is 0 Å². The van der Waals surface area contributed by atoms with Gasteiger partial charge >= 0.3 is 17.9 Å². The second kappa shape index (κ2) is 57.0. The van der Waals surface area contributed by atoms with Crippen LogP contribution in [0.5, 0.6) is 0 Å². The molecule has 0 aliphatic carbocycles. The van der Waals surface area contributed by atoms with Crippen molar-refractivity contribution in [3.05, 3.63) is 48.6 Å². The number of ether oxygens (including phenoxy) is 3. The molecule has 0 aromatic heterocycles. The quantitative estimate of drug-likeness (QED) is 0.0262. The molecule has 6 nitrogen and oxygen atoms in total. The Bertz CT molecular complexity index is 1190. The lowest BCUT2D eigenvalue weighted by molar-refractivity contribution is -0.167. The summed E-state index contributed by atoms with van der Waals surface area (Å²) in [5.41, 5.74) is 0. The van der Waals surface area contributed by atoms with E-state index in [9.17, 15) is 14.4 Å². The number of unbranched alkanes of at least 4 members (excludes halogenated alkanes) is 35. The normalized spacial score (nSPS) is 12.3. The molecule has 0 unspecified atom stereocenters. The van der Waals surface area contributed by atoms with E-state index in [2.05, 4.69) is 69.4 Å². The van der Waals surface area contributed by atoms with Crippen molar-refractivity contribution in [3.63, 3.8) is 0 Å². The van der Waals surface area contributed by atoms with Gasteiger partial charge in [-0.05, 0) is 83.5 Å². The highest BCUT2D eigenvalue weighted by Crippen LogP contribution is 2.16.